The van der Waals surface area contributed by atoms with Crippen LogP contribution in [0.3, 0.4) is 0 Å². The Labute approximate surface area is 54.6 Å². The van der Waals surface area contributed by atoms with Crippen LogP contribution in [-0.4, -0.2) is 18.4 Å². The molecular formula is C7H11NO. The van der Waals surface area contributed by atoms with Crippen LogP contribution in [0.5, 0.6) is 0 Å². The smallest absolute Gasteiger partial charge is 0.138 e. The molecule has 0 aromatic rings. The van der Waals surface area contributed by atoms with Crippen molar-refractivity contribution in [1.82, 2.24) is 5.32 Å². The van der Waals surface area contributed by atoms with Crippen molar-refractivity contribution < 1.29 is 4.79 Å². The van der Waals surface area contributed by atoms with E-state index in [1.807, 2.05) is 0 Å². The van der Waals surface area contributed by atoms with E-state index in [1.165, 1.54) is 6.42 Å². The van der Waals surface area contributed by atoms with Gasteiger partial charge in [0.2, 0.25) is 0 Å². The SMILES string of the molecule is O=C1CCCC2NCC12. The fourth-order valence-electron chi connectivity index (χ4n) is 1.73. The summed E-state index contributed by atoms with van der Waals surface area (Å²) in [5.41, 5.74) is 0. The van der Waals surface area contributed by atoms with Crippen molar-refractivity contribution in [2.75, 3.05) is 6.54 Å². The van der Waals surface area contributed by atoms with Crippen LogP contribution in [0.4, 0.5) is 0 Å². The average Bonchev–Trinajstić information content (AvgIpc) is 1.74. The van der Waals surface area contributed by atoms with Crippen molar-refractivity contribution in [2.24, 2.45) is 5.92 Å². The van der Waals surface area contributed by atoms with Gasteiger partial charge < -0.3 is 5.32 Å². The highest BCUT2D eigenvalue weighted by Gasteiger charge is 2.37. The molecule has 0 spiro atoms. The first-order valence-corrected chi connectivity index (χ1v) is 3.64. The summed E-state index contributed by atoms with van der Waals surface area (Å²) in [7, 11) is 0. The van der Waals surface area contributed by atoms with Crippen LogP contribution < -0.4 is 5.32 Å². The molecule has 0 aromatic heterocycles. The normalized spacial score (nSPS) is 41.6. The molecule has 1 aliphatic heterocycles. The third-order valence-corrected chi connectivity index (χ3v) is 2.44. The first kappa shape index (κ1) is 5.42. The molecule has 2 heteroatoms. The lowest BCUT2D eigenvalue weighted by atomic mass is 9.78. The maximum absolute atomic E-state index is 11.0. The highest BCUT2D eigenvalue weighted by Crippen LogP contribution is 2.26. The molecule has 1 N–H and O–H groups in total. The summed E-state index contributed by atoms with van der Waals surface area (Å²) in [5, 5.41) is 3.26. The molecule has 0 bridgehead atoms. The van der Waals surface area contributed by atoms with Crippen LogP contribution in [0.2, 0.25) is 0 Å². The lowest BCUT2D eigenvalue weighted by Gasteiger charge is -2.40. The first-order valence-electron chi connectivity index (χ1n) is 3.64. The molecule has 2 atom stereocenters. The average molecular weight is 125 g/mol. The Balaban J connectivity index is 2.06. The zero-order chi connectivity index (χ0) is 6.27. The molecule has 2 rings (SSSR count). The molecule has 0 radical (unpaired) electrons. The summed E-state index contributed by atoms with van der Waals surface area (Å²) >= 11 is 0. The number of nitrogens with one attached hydrogen (secondary N) is 1. The highest BCUT2D eigenvalue weighted by atomic mass is 16.1. The van der Waals surface area contributed by atoms with E-state index in [4.69, 9.17) is 0 Å². The van der Waals surface area contributed by atoms with Gasteiger partial charge in [0, 0.05) is 24.9 Å². The van der Waals surface area contributed by atoms with Gasteiger partial charge in [-0.2, -0.15) is 0 Å². The van der Waals surface area contributed by atoms with Gasteiger partial charge >= 0.3 is 0 Å². The van der Waals surface area contributed by atoms with E-state index in [0.717, 1.165) is 19.4 Å². The zero-order valence-corrected chi connectivity index (χ0v) is 5.39. The van der Waals surface area contributed by atoms with Crippen molar-refractivity contribution in [3.8, 4) is 0 Å². The molecule has 1 aliphatic carbocycles. The van der Waals surface area contributed by atoms with Crippen molar-refractivity contribution in [1.29, 1.82) is 0 Å². The number of ketones is 1. The van der Waals surface area contributed by atoms with Crippen molar-refractivity contribution >= 4 is 5.78 Å². The fourth-order valence-corrected chi connectivity index (χ4v) is 1.73. The van der Waals surface area contributed by atoms with Gasteiger partial charge in [-0.1, -0.05) is 0 Å². The highest BCUT2D eigenvalue weighted by molar-refractivity contribution is 5.83. The first-order chi connectivity index (χ1) is 4.38. The van der Waals surface area contributed by atoms with Crippen molar-refractivity contribution in [3.05, 3.63) is 0 Å². The second-order valence-corrected chi connectivity index (χ2v) is 2.98. The van der Waals surface area contributed by atoms with Gasteiger partial charge in [0.05, 0.1) is 0 Å². The lowest BCUT2D eigenvalue weighted by molar-refractivity contribution is -0.128. The Morgan fingerprint density at radius 3 is 2.89 bits per heavy atom. The Morgan fingerprint density at radius 2 is 2.44 bits per heavy atom. The Hall–Kier alpha value is -0.370. The zero-order valence-electron chi connectivity index (χ0n) is 5.39. The predicted molar refractivity (Wildman–Crippen MR) is 34.1 cm³/mol. The van der Waals surface area contributed by atoms with Crippen LogP contribution in [0, 0.1) is 5.92 Å². The lowest BCUT2D eigenvalue weighted by Crippen LogP contribution is -2.58. The number of hydrogen-bond acceptors (Lipinski definition) is 2. The molecular weight excluding hydrogens is 114 g/mol. The number of rotatable bonds is 0. The van der Waals surface area contributed by atoms with Crippen LogP contribution >= 0.6 is 0 Å². The largest absolute Gasteiger partial charge is 0.312 e. The summed E-state index contributed by atoms with van der Waals surface area (Å²) in [4.78, 5) is 11.0. The summed E-state index contributed by atoms with van der Waals surface area (Å²) in [6, 6.07) is 0.561. The van der Waals surface area contributed by atoms with E-state index in [9.17, 15) is 4.79 Å². The standard InChI is InChI=1S/C7H11NO/c9-7-3-1-2-6-5(7)4-8-6/h5-6,8H,1-4H2. The molecule has 0 aromatic carbocycles. The molecule has 50 valence electrons. The second-order valence-electron chi connectivity index (χ2n) is 2.98. The quantitative estimate of drug-likeness (QED) is 0.505. The van der Waals surface area contributed by atoms with Gasteiger partial charge in [-0.05, 0) is 12.8 Å². The number of hydrogen-bond donors (Lipinski definition) is 1. The predicted octanol–water partition coefficient (Wildman–Crippen LogP) is 0.327. The maximum Gasteiger partial charge on any atom is 0.138 e. The topological polar surface area (TPSA) is 29.1 Å². The summed E-state index contributed by atoms with van der Waals surface area (Å²) < 4.78 is 0. The summed E-state index contributed by atoms with van der Waals surface area (Å²) in [6.45, 7) is 0.948. The van der Waals surface area contributed by atoms with E-state index in [2.05, 4.69) is 5.32 Å². The maximum atomic E-state index is 11.0. The summed E-state index contributed by atoms with van der Waals surface area (Å²) in [6.07, 6.45) is 3.16. The van der Waals surface area contributed by atoms with Crippen LogP contribution in [-0.2, 0) is 4.79 Å². The molecule has 0 amide bonds. The van der Waals surface area contributed by atoms with E-state index in [0.29, 0.717) is 17.7 Å². The van der Waals surface area contributed by atoms with Gasteiger partial charge in [0.15, 0.2) is 0 Å². The Bertz CT molecular complexity index is 144. The molecule has 1 heterocycles. The molecule has 1 saturated carbocycles. The summed E-state index contributed by atoms with van der Waals surface area (Å²) in [5.74, 6) is 0.892. The molecule has 9 heavy (non-hydrogen) atoms. The third-order valence-electron chi connectivity index (χ3n) is 2.44. The van der Waals surface area contributed by atoms with Gasteiger partial charge in [0.25, 0.3) is 0 Å². The minimum Gasteiger partial charge on any atom is -0.312 e. The Morgan fingerprint density at radius 1 is 1.56 bits per heavy atom. The molecule has 1 saturated heterocycles. The minimum atomic E-state index is 0.402. The van der Waals surface area contributed by atoms with Crippen LogP contribution in [0.25, 0.3) is 0 Å². The number of fused-ring (bicyclic) bond motifs is 1. The van der Waals surface area contributed by atoms with E-state index >= 15 is 0 Å². The number of carbonyl (C=O) groups excluding carboxylic acids is 1. The van der Waals surface area contributed by atoms with Crippen LogP contribution in [0.1, 0.15) is 19.3 Å². The molecule has 2 unspecified atom stereocenters. The second kappa shape index (κ2) is 1.81. The van der Waals surface area contributed by atoms with Gasteiger partial charge in [-0.15, -0.1) is 0 Å². The third kappa shape index (κ3) is 0.697. The van der Waals surface area contributed by atoms with E-state index in [-0.39, 0.29) is 0 Å². The molecule has 2 aliphatic rings. The molecule has 2 nitrogen and oxygen atoms in total. The van der Waals surface area contributed by atoms with E-state index in [1.54, 1.807) is 0 Å². The number of carbonyl (C=O) groups is 1. The van der Waals surface area contributed by atoms with Crippen LogP contribution in [0.15, 0.2) is 0 Å². The minimum absolute atomic E-state index is 0.402. The van der Waals surface area contributed by atoms with E-state index < -0.39 is 0 Å². The fraction of sp³-hybridized carbons (Fsp3) is 0.857. The number of Topliss-reactive ketones (excluding diaryl/α,β-unsaturated/α-hetero) is 1. The monoisotopic (exact) mass is 125 g/mol. The Kier molecular flexibility index (Phi) is 1.09. The van der Waals surface area contributed by atoms with Crippen molar-refractivity contribution in [2.45, 2.75) is 25.3 Å². The van der Waals surface area contributed by atoms with Crippen molar-refractivity contribution in [3.63, 3.8) is 0 Å². The van der Waals surface area contributed by atoms with Gasteiger partial charge in [0.1, 0.15) is 5.78 Å². The molecule has 2 fully saturated rings. The van der Waals surface area contributed by atoms with Gasteiger partial charge in [-0.3, -0.25) is 4.79 Å². The van der Waals surface area contributed by atoms with Gasteiger partial charge in [-0.25, -0.2) is 0 Å².